The molecule has 3 rings (SSSR count). The predicted molar refractivity (Wildman–Crippen MR) is 109 cm³/mol. The number of nitrogens with one attached hydrogen (secondary N) is 1. The molecule has 8 heteroatoms. The summed E-state index contributed by atoms with van der Waals surface area (Å²) >= 11 is 2.91. The van der Waals surface area contributed by atoms with Crippen molar-refractivity contribution in [3.63, 3.8) is 0 Å². The summed E-state index contributed by atoms with van der Waals surface area (Å²) in [5.74, 6) is 0.369. The Hall–Kier alpha value is -1.80. The maximum absolute atomic E-state index is 12.5. The number of hydrogen-bond donors (Lipinski definition) is 1. The number of nitrogens with zero attached hydrogens (tertiary/aromatic N) is 2. The number of imidazole rings is 1. The van der Waals surface area contributed by atoms with E-state index in [1.54, 1.807) is 13.1 Å². The highest BCUT2D eigenvalue weighted by molar-refractivity contribution is 7.99. The van der Waals surface area contributed by atoms with E-state index < -0.39 is 0 Å². The molecule has 2 aromatic rings. The molecule has 1 aliphatic rings. The van der Waals surface area contributed by atoms with E-state index in [9.17, 15) is 9.59 Å². The van der Waals surface area contributed by atoms with Gasteiger partial charge in [-0.1, -0.05) is 18.7 Å². The number of aromatic nitrogens is 2. The van der Waals surface area contributed by atoms with E-state index in [0.717, 1.165) is 36.5 Å². The number of thiophene rings is 1. The molecule has 1 amide bonds. The molecule has 0 radical (unpaired) electrons. The van der Waals surface area contributed by atoms with Crippen molar-refractivity contribution >= 4 is 40.0 Å². The SMILES string of the molecule is CCOC(=O)c1c(NC(=O)CSc2nccn2CC)sc2c1CCC(C)C2. The molecule has 1 aliphatic carbocycles. The fourth-order valence-electron chi connectivity index (χ4n) is 3.23. The lowest BCUT2D eigenvalue weighted by Crippen LogP contribution is -2.18. The van der Waals surface area contributed by atoms with Crippen LogP contribution in [-0.2, 0) is 28.9 Å². The fraction of sp³-hybridized carbons (Fsp3) is 0.526. The van der Waals surface area contributed by atoms with Crippen LogP contribution in [0, 0.1) is 5.92 Å². The van der Waals surface area contributed by atoms with Crippen LogP contribution in [0.4, 0.5) is 5.00 Å². The van der Waals surface area contributed by atoms with Gasteiger partial charge in [0, 0.05) is 23.8 Å². The van der Waals surface area contributed by atoms with Crippen molar-refractivity contribution in [2.75, 3.05) is 17.7 Å². The molecule has 0 saturated carbocycles. The van der Waals surface area contributed by atoms with Crippen LogP contribution in [0.3, 0.4) is 0 Å². The largest absolute Gasteiger partial charge is 0.462 e. The first kappa shape index (κ1) is 19.9. The van der Waals surface area contributed by atoms with Gasteiger partial charge in [0.15, 0.2) is 5.16 Å². The molecule has 6 nitrogen and oxygen atoms in total. The zero-order valence-electron chi connectivity index (χ0n) is 15.9. The highest BCUT2D eigenvalue weighted by Gasteiger charge is 2.29. The molecule has 0 fully saturated rings. The molecule has 1 unspecified atom stereocenters. The Bertz CT molecular complexity index is 828. The van der Waals surface area contributed by atoms with Crippen LogP contribution in [0.2, 0.25) is 0 Å². The number of carbonyl (C=O) groups is 2. The van der Waals surface area contributed by atoms with Crippen molar-refractivity contribution in [3.8, 4) is 0 Å². The first-order valence-electron chi connectivity index (χ1n) is 9.28. The fourth-order valence-corrected chi connectivity index (χ4v) is 5.47. The van der Waals surface area contributed by atoms with Crippen LogP contribution in [0.15, 0.2) is 17.6 Å². The Labute approximate surface area is 167 Å². The van der Waals surface area contributed by atoms with Crippen LogP contribution in [0.1, 0.15) is 48.0 Å². The van der Waals surface area contributed by atoms with Crippen molar-refractivity contribution in [1.29, 1.82) is 0 Å². The maximum Gasteiger partial charge on any atom is 0.341 e. The third-order valence-electron chi connectivity index (χ3n) is 4.59. The van der Waals surface area contributed by atoms with Gasteiger partial charge in [0.25, 0.3) is 0 Å². The van der Waals surface area contributed by atoms with E-state index in [1.165, 1.54) is 28.0 Å². The van der Waals surface area contributed by atoms with Gasteiger partial charge in [0.2, 0.25) is 5.91 Å². The highest BCUT2D eigenvalue weighted by atomic mass is 32.2. The van der Waals surface area contributed by atoms with Crippen LogP contribution >= 0.6 is 23.1 Å². The van der Waals surface area contributed by atoms with Crippen molar-refractivity contribution in [2.45, 2.75) is 51.7 Å². The summed E-state index contributed by atoms with van der Waals surface area (Å²) < 4.78 is 7.24. The molecule has 146 valence electrons. The lowest BCUT2D eigenvalue weighted by Gasteiger charge is -2.18. The van der Waals surface area contributed by atoms with Gasteiger partial charge in [-0.3, -0.25) is 4.79 Å². The summed E-state index contributed by atoms with van der Waals surface area (Å²) in [4.78, 5) is 30.5. The quantitative estimate of drug-likeness (QED) is 0.555. The molecule has 0 aromatic carbocycles. The van der Waals surface area contributed by atoms with Crippen molar-refractivity contribution in [1.82, 2.24) is 9.55 Å². The topological polar surface area (TPSA) is 73.2 Å². The van der Waals surface area contributed by atoms with E-state index >= 15 is 0 Å². The average molecular weight is 408 g/mol. The average Bonchev–Trinajstić information content (AvgIpc) is 3.23. The van der Waals surface area contributed by atoms with Gasteiger partial charge >= 0.3 is 5.97 Å². The molecule has 0 saturated heterocycles. The maximum atomic E-state index is 12.5. The number of carbonyl (C=O) groups excluding carboxylic acids is 2. The Morgan fingerprint density at radius 2 is 2.26 bits per heavy atom. The smallest absolute Gasteiger partial charge is 0.341 e. The van der Waals surface area contributed by atoms with Crippen LogP contribution in [0.25, 0.3) is 0 Å². The Kier molecular flexibility index (Phi) is 6.59. The van der Waals surface area contributed by atoms with Crippen molar-refractivity contribution in [3.05, 3.63) is 28.4 Å². The van der Waals surface area contributed by atoms with E-state index in [0.29, 0.717) is 23.1 Å². The summed E-state index contributed by atoms with van der Waals surface area (Å²) in [7, 11) is 0. The molecule has 1 N–H and O–H groups in total. The van der Waals surface area contributed by atoms with E-state index in [4.69, 9.17) is 4.74 Å². The summed E-state index contributed by atoms with van der Waals surface area (Å²) in [5.41, 5.74) is 1.61. The van der Waals surface area contributed by atoms with Crippen molar-refractivity contribution in [2.24, 2.45) is 5.92 Å². The minimum absolute atomic E-state index is 0.136. The highest BCUT2D eigenvalue weighted by Crippen LogP contribution is 2.40. The van der Waals surface area contributed by atoms with Gasteiger partial charge < -0.3 is 14.6 Å². The second kappa shape index (κ2) is 8.93. The van der Waals surface area contributed by atoms with E-state index in [2.05, 4.69) is 17.2 Å². The van der Waals surface area contributed by atoms with Gasteiger partial charge in [-0.2, -0.15) is 0 Å². The number of hydrogen-bond acceptors (Lipinski definition) is 6. The molecule has 2 heterocycles. The number of ether oxygens (including phenoxy) is 1. The molecule has 27 heavy (non-hydrogen) atoms. The van der Waals surface area contributed by atoms with Crippen LogP contribution in [-0.4, -0.2) is 33.8 Å². The number of thioether (sulfide) groups is 1. The Morgan fingerprint density at radius 1 is 1.44 bits per heavy atom. The normalized spacial score (nSPS) is 16.0. The first-order chi connectivity index (χ1) is 13.0. The van der Waals surface area contributed by atoms with E-state index in [-0.39, 0.29) is 17.6 Å². The molecule has 0 bridgehead atoms. The van der Waals surface area contributed by atoms with Gasteiger partial charge in [0.1, 0.15) is 5.00 Å². The van der Waals surface area contributed by atoms with Gasteiger partial charge in [0.05, 0.1) is 17.9 Å². The van der Waals surface area contributed by atoms with Crippen LogP contribution in [0.5, 0.6) is 0 Å². The van der Waals surface area contributed by atoms with Gasteiger partial charge in [-0.05, 0) is 44.6 Å². The summed E-state index contributed by atoms with van der Waals surface area (Å²) in [6.45, 7) is 7.19. The number of amides is 1. The second-order valence-electron chi connectivity index (χ2n) is 6.61. The molecule has 0 aliphatic heterocycles. The lowest BCUT2D eigenvalue weighted by atomic mass is 9.88. The van der Waals surface area contributed by atoms with Crippen LogP contribution < -0.4 is 5.32 Å². The standard InChI is InChI=1S/C19H25N3O3S2/c1-4-22-9-8-20-19(22)26-11-15(23)21-17-16(18(24)25-5-2)13-7-6-12(3)10-14(13)27-17/h8-9,12H,4-7,10-11H2,1-3H3,(H,21,23). The predicted octanol–water partition coefficient (Wildman–Crippen LogP) is 4.00. The molecule has 2 aromatic heterocycles. The number of aryl methyl sites for hydroxylation is 1. The second-order valence-corrected chi connectivity index (χ2v) is 8.66. The molecule has 1 atom stereocenters. The minimum Gasteiger partial charge on any atom is -0.462 e. The monoisotopic (exact) mass is 407 g/mol. The summed E-state index contributed by atoms with van der Waals surface area (Å²) in [6, 6.07) is 0. The zero-order chi connectivity index (χ0) is 19.4. The number of rotatable bonds is 7. The third-order valence-corrected chi connectivity index (χ3v) is 6.77. The number of esters is 1. The molecular formula is C19H25N3O3S2. The van der Waals surface area contributed by atoms with Gasteiger partial charge in [-0.15, -0.1) is 11.3 Å². The Morgan fingerprint density at radius 3 is 3.00 bits per heavy atom. The third kappa shape index (κ3) is 4.55. The van der Waals surface area contributed by atoms with Gasteiger partial charge in [-0.25, -0.2) is 9.78 Å². The summed E-state index contributed by atoms with van der Waals surface area (Å²) in [5, 5.41) is 4.38. The first-order valence-corrected chi connectivity index (χ1v) is 11.1. The summed E-state index contributed by atoms with van der Waals surface area (Å²) in [6.07, 6.45) is 6.49. The Balaban J connectivity index is 1.75. The van der Waals surface area contributed by atoms with Crippen molar-refractivity contribution < 1.29 is 14.3 Å². The minimum atomic E-state index is -0.339. The zero-order valence-corrected chi connectivity index (χ0v) is 17.5. The number of anilines is 1. The van der Waals surface area contributed by atoms with E-state index in [1.807, 2.05) is 17.7 Å². The molecular weight excluding hydrogens is 382 g/mol. The molecule has 0 spiro atoms. The number of fused-ring (bicyclic) bond motifs is 1. The lowest BCUT2D eigenvalue weighted by molar-refractivity contribution is -0.113.